The predicted molar refractivity (Wildman–Crippen MR) is 69.5 cm³/mol. The number of rotatable bonds is 3. The Kier molecular flexibility index (Phi) is 3.49. The fraction of sp³-hybridized carbons (Fsp3) is 0.571. The molecular weight excluding hydrogens is 196 g/mol. The lowest BCUT2D eigenvalue weighted by atomic mass is 10.0. The summed E-state index contributed by atoms with van der Waals surface area (Å²) in [7, 11) is 2.20. The van der Waals surface area contributed by atoms with Crippen LogP contribution in [0, 0.1) is 0 Å². The molecule has 2 nitrogen and oxygen atoms in total. The summed E-state index contributed by atoms with van der Waals surface area (Å²) in [5.74, 6) is 0. The molecule has 0 aliphatic carbocycles. The van der Waals surface area contributed by atoms with Gasteiger partial charge in [0.1, 0.15) is 0 Å². The van der Waals surface area contributed by atoms with Gasteiger partial charge in [0, 0.05) is 30.9 Å². The Morgan fingerprint density at radius 2 is 2.25 bits per heavy atom. The molecule has 0 unspecified atom stereocenters. The lowest BCUT2D eigenvalue weighted by Crippen LogP contribution is -2.26. The number of allylic oxidation sites excluding steroid dienone is 1. The van der Waals surface area contributed by atoms with E-state index in [2.05, 4.69) is 42.9 Å². The van der Waals surface area contributed by atoms with E-state index in [1.165, 1.54) is 41.9 Å². The number of aromatic nitrogens is 1. The number of likely N-dealkylation sites (N-methyl/N-ethyl adjacent to an activating group) is 1. The second-order valence-corrected chi connectivity index (χ2v) is 4.71. The molecule has 2 heterocycles. The minimum Gasteiger partial charge on any atom is -0.361 e. The van der Waals surface area contributed by atoms with E-state index in [9.17, 15) is 0 Å². The van der Waals surface area contributed by atoms with Crippen LogP contribution in [-0.2, 0) is 19.4 Å². The fourth-order valence-corrected chi connectivity index (χ4v) is 2.53. The van der Waals surface area contributed by atoms with E-state index in [1.807, 2.05) is 0 Å². The molecular formula is C14H22N2. The molecule has 0 atom stereocenters. The number of nitrogens with zero attached hydrogens (tertiary/aromatic N) is 1. The zero-order valence-corrected chi connectivity index (χ0v) is 10.6. The molecule has 0 spiro atoms. The minimum atomic E-state index is 1.09. The highest BCUT2D eigenvalue weighted by Gasteiger charge is 2.20. The first-order chi connectivity index (χ1) is 7.76. The summed E-state index contributed by atoms with van der Waals surface area (Å²) in [5, 5.41) is 0. The van der Waals surface area contributed by atoms with E-state index in [0.29, 0.717) is 0 Å². The van der Waals surface area contributed by atoms with Gasteiger partial charge in [-0.1, -0.05) is 25.5 Å². The maximum absolute atomic E-state index is 3.63. The first kappa shape index (κ1) is 11.5. The van der Waals surface area contributed by atoms with Crippen LogP contribution in [0.3, 0.4) is 0 Å². The van der Waals surface area contributed by atoms with E-state index in [1.54, 1.807) is 0 Å². The maximum atomic E-state index is 3.63. The molecule has 0 amide bonds. The van der Waals surface area contributed by atoms with Crippen molar-refractivity contribution in [1.82, 2.24) is 9.88 Å². The summed E-state index contributed by atoms with van der Waals surface area (Å²) < 4.78 is 0. The number of H-pyrrole nitrogens is 1. The molecule has 1 aromatic heterocycles. The Morgan fingerprint density at radius 3 is 2.94 bits per heavy atom. The van der Waals surface area contributed by atoms with Crippen LogP contribution in [-0.4, -0.2) is 23.5 Å². The zero-order valence-electron chi connectivity index (χ0n) is 10.6. The molecule has 0 bridgehead atoms. The molecule has 0 saturated carbocycles. The number of hydrogen-bond donors (Lipinski definition) is 1. The van der Waals surface area contributed by atoms with Crippen molar-refractivity contribution in [2.75, 3.05) is 13.6 Å². The van der Waals surface area contributed by atoms with Gasteiger partial charge in [-0.25, -0.2) is 0 Å². The van der Waals surface area contributed by atoms with E-state index < -0.39 is 0 Å². The second kappa shape index (κ2) is 4.88. The lowest BCUT2D eigenvalue weighted by Gasteiger charge is -2.22. The smallest absolute Gasteiger partial charge is 0.0254 e. The number of aromatic amines is 1. The van der Waals surface area contributed by atoms with Gasteiger partial charge >= 0.3 is 0 Å². The quantitative estimate of drug-likeness (QED) is 0.826. The van der Waals surface area contributed by atoms with Crippen LogP contribution in [0.2, 0.25) is 0 Å². The normalized spacial score (nSPS) is 16.9. The van der Waals surface area contributed by atoms with Crippen molar-refractivity contribution in [3.8, 4) is 0 Å². The number of fused-ring (bicyclic) bond motifs is 1. The van der Waals surface area contributed by atoms with Crippen LogP contribution < -0.4 is 0 Å². The standard InChI is InChI=1S/C14H22N2/c1-4-6-11-12-10-16(3)9-8-14(12)15-13(11)7-5-2/h4,6,15H,5,7-10H2,1-3H3/b6-4-. The third-order valence-corrected chi connectivity index (χ3v) is 3.32. The molecule has 16 heavy (non-hydrogen) atoms. The topological polar surface area (TPSA) is 19.0 Å². The summed E-state index contributed by atoms with van der Waals surface area (Å²) >= 11 is 0. The van der Waals surface area contributed by atoms with Gasteiger partial charge in [-0.3, -0.25) is 0 Å². The Morgan fingerprint density at radius 1 is 1.44 bits per heavy atom. The van der Waals surface area contributed by atoms with Gasteiger partial charge in [-0.05, 0) is 31.5 Å². The van der Waals surface area contributed by atoms with Crippen LogP contribution in [0.15, 0.2) is 6.08 Å². The third-order valence-electron chi connectivity index (χ3n) is 3.32. The van der Waals surface area contributed by atoms with Crippen LogP contribution in [0.5, 0.6) is 0 Å². The van der Waals surface area contributed by atoms with E-state index >= 15 is 0 Å². The van der Waals surface area contributed by atoms with Crippen molar-refractivity contribution < 1.29 is 0 Å². The Balaban J connectivity index is 2.40. The summed E-state index contributed by atoms with van der Waals surface area (Å²) in [6.07, 6.45) is 7.95. The summed E-state index contributed by atoms with van der Waals surface area (Å²) in [4.78, 5) is 6.03. The minimum absolute atomic E-state index is 1.09. The van der Waals surface area contributed by atoms with Crippen molar-refractivity contribution in [3.63, 3.8) is 0 Å². The Labute approximate surface area is 98.4 Å². The zero-order chi connectivity index (χ0) is 11.5. The highest BCUT2D eigenvalue weighted by molar-refractivity contribution is 5.59. The van der Waals surface area contributed by atoms with Crippen molar-refractivity contribution >= 4 is 6.08 Å². The highest BCUT2D eigenvalue weighted by atomic mass is 15.1. The van der Waals surface area contributed by atoms with Crippen molar-refractivity contribution in [3.05, 3.63) is 28.6 Å². The fourth-order valence-electron chi connectivity index (χ4n) is 2.53. The first-order valence-corrected chi connectivity index (χ1v) is 6.30. The first-order valence-electron chi connectivity index (χ1n) is 6.30. The molecule has 1 aliphatic heterocycles. The summed E-state index contributed by atoms with van der Waals surface area (Å²) in [6, 6.07) is 0. The van der Waals surface area contributed by atoms with Gasteiger partial charge in [0.2, 0.25) is 0 Å². The molecule has 1 N–H and O–H groups in total. The van der Waals surface area contributed by atoms with Crippen molar-refractivity contribution in [2.45, 2.75) is 39.7 Å². The Bertz CT molecular complexity index is 388. The molecule has 2 heteroatoms. The number of nitrogens with one attached hydrogen (secondary N) is 1. The maximum Gasteiger partial charge on any atom is 0.0254 e. The van der Waals surface area contributed by atoms with Crippen LogP contribution >= 0.6 is 0 Å². The summed E-state index contributed by atoms with van der Waals surface area (Å²) in [5.41, 5.74) is 5.87. The molecule has 1 aliphatic rings. The molecule has 0 aromatic carbocycles. The van der Waals surface area contributed by atoms with Gasteiger partial charge < -0.3 is 9.88 Å². The van der Waals surface area contributed by atoms with Gasteiger partial charge in [0.05, 0.1) is 0 Å². The number of aryl methyl sites for hydroxylation is 1. The summed E-state index contributed by atoms with van der Waals surface area (Å²) in [6.45, 7) is 6.61. The van der Waals surface area contributed by atoms with E-state index in [4.69, 9.17) is 0 Å². The molecule has 0 fully saturated rings. The molecule has 88 valence electrons. The second-order valence-electron chi connectivity index (χ2n) is 4.71. The van der Waals surface area contributed by atoms with Crippen molar-refractivity contribution in [1.29, 1.82) is 0 Å². The highest BCUT2D eigenvalue weighted by Crippen LogP contribution is 2.26. The lowest BCUT2D eigenvalue weighted by molar-refractivity contribution is 0.311. The largest absolute Gasteiger partial charge is 0.361 e. The molecule has 2 rings (SSSR count). The third kappa shape index (κ3) is 2.07. The Hall–Kier alpha value is -1.02. The van der Waals surface area contributed by atoms with Crippen molar-refractivity contribution in [2.24, 2.45) is 0 Å². The average Bonchev–Trinajstić information content (AvgIpc) is 2.58. The average molecular weight is 218 g/mol. The monoisotopic (exact) mass is 218 g/mol. The van der Waals surface area contributed by atoms with Crippen LogP contribution in [0.4, 0.5) is 0 Å². The SMILES string of the molecule is C/C=C\c1c(CCC)[nH]c2c1CN(C)CC2. The van der Waals surface area contributed by atoms with E-state index in [0.717, 1.165) is 13.0 Å². The van der Waals surface area contributed by atoms with Crippen LogP contribution in [0.1, 0.15) is 42.8 Å². The van der Waals surface area contributed by atoms with Gasteiger partial charge in [-0.2, -0.15) is 0 Å². The molecule has 0 radical (unpaired) electrons. The molecule has 1 aromatic rings. The van der Waals surface area contributed by atoms with E-state index in [-0.39, 0.29) is 0 Å². The van der Waals surface area contributed by atoms with Gasteiger partial charge in [-0.15, -0.1) is 0 Å². The molecule has 0 saturated heterocycles. The number of hydrogen-bond acceptors (Lipinski definition) is 1. The predicted octanol–water partition coefficient (Wildman–Crippen LogP) is 2.99. The van der Waals surface area contributed by atoms with Gasteiger partial charge in [0.25, 0.3) is 0 Å². The van der Waals surface area contributed by atoms with Gasteiger partial charge in [0.15, 0.2) is 0 Å². The van der Waals surface area contributed by atoms with Crippen LogP contribution in [0.25, 0.3) is 6.08 Å².